The van der Waals surface area contributed by atoms with E-state index in [1.165, 1.54) is 0 Å². The van der Waals surface area contributed by atoms with Gasteiger partial charge in [-0.05, 0) is 305 Å². The number of urea groups is 1. The van der Waals surface area contributed by atoms with Crippen molar-refractivity contribution in [2.75, 3.05) is 53.8 Å². The molecule has 135 heavy (non-hydrogen) atoms. The summed E-state index contributed by atoms with van der Waals surface area (Å²) in [6, 6.07) is 17.3. The monoisotopic (exact) mass is 1930 g/mol. The minimum atomic E-state index is -0.692. The molecule has 1 saturated carbocycles. The highest BCUT2D eigenvalue weighted by Gasteiger charge is 2.64. The van der Waals surface area contributed by atoms with Crippen molar-refractivity contribution in [2.24, 2.45) is 11.8 Å². The second kappa shape index (κ2) is 63.5. The largest absolute Gasteiger partial charge is 0.497 e. The fourth-order valence-corrected chi connectivity index (χ4v) is 15.9. The van der Waals surface area contributed by atoms with Gasteiger partial charge in [-0.3, -0.25) is 9.80 Å². The Kier molecular flexibility index (Phi) is 58.1. The molecule has 8 rings (SSSR count). The van der Waals surface area contributed by atoms with Crippen molar-refractivity contribution in [3.8, 4) is 11.5 Å². The van der Waals surface area contributed by atoms with E-state index in [1.807, 2.05) is 304 Å². The molecule has 12 unspecified atom stereocenters. The summed E-state index contributed by atoms with van der Waals surface area (Å²) in [5, 5.41) is 0. The van der Waals surface area contributed by atoms with E-state index in [1.54, 1.807) is 16.9 Å². The minimum Gasteiger partial charge on any atom is -0.497 e. The van der Waals surface area contributed by atoms with E-state index in [-0.39, 0.29) is 234 Å². The zero-order valence-corrected chi connectivity index (χ0v) is 91.1. The topological polar surface area (TPSA) is 276 Å². The maximum atomic E-state index is 12.8. The van der Waals surface area contributed by atoms with Crippen molar-refractivity contribution in [1.82, 2.24) is 9.80 Å². The number of carbonyl (C=O) groups excluding carboxylic acids is 1. The summed E-state index contributed by atoms with van der Waals surface area (Å²) in [5.41, 5.74) is 1.08. The standard InChI is InChI=1S/C25H42O7.C25H42O6.C20H40O5.C18H34O5.C17H34N2O5/c1-15(2)27-14-21-22(28-16(3)4)23(29-17(5)6)24(30-18(7)8)25(32-21)31-20-12-10-19(26-9)11-13-20;1-16(2)26-15-21-22(28-17(3)4)23(29-18(5)6)24(30-19(7)8)25(31-21)27-14-20-12-10-9-11-13-20;1-13(2)9-17(10-21-14(3)4)19-20(25-16(7)8)18(23-12-24-19)11-22-15(5)6;1-9(2)19-13-14(20-10(3)4)16(22-12(7)8)18-17(23-18)15(13)21-11(5)6;1-11(2)21-9-18-15(23-13(5)6)16(24-14(7)8)19(17(18)20)10-22-12(3)4/h10-13,15-18,21-25H,14H2,1-9H3;9-13,16-19,21-25H,14-15H2,1-8H3;13-20H,9-12H2,1-8H3;9-18H,1-8H3;11-16H,9-10H2,1-8H3/t;;17-,18+,19-,20-;13-,14-,15+,16+,17-,18+;/m..10./s1. The second-order valence-corrected chi connectivity index (χ2v) is 41.3. The third-order valence-corrected chi connectivity index (χ3v) is 20.8. The molecule has 30 nitrogen and oxygen atoms in total. The number of amides is 2. The molecule has 2 aromatic rings. The van der Waals surface area contributed by atoms with E-state index in [2.05, 4.69) is 27.7 Å². The molecule has 0 aromatic heterocycles. The van der Waals surface area contributed by atoms with Crippen LogP contribution in [0.2, 0.25) is 0 Å². The van der Waals surface area contributed by atoms with Gasteiger partial charge in [0.05, 0.1) is 162 Å². The van der Waals surface area contributed by atoms with Gasteiger partial charge in [-0.15, -0.1) is 0 Å². The molecule has 790 valence electrons. The van der Waals surface area contributed by atoms with Gasteiger partial charge in [-0.25, -0.2) is 4.79 Å². The lowest BCUT2D eigenvalue weighted by atomic mass is 9.87. The number of benzene rings is 2. The molecule has 5 aliphatic heterocycles. The maximum Gasteiger partial charge on any atom is 0.328 e. The van der Waals surface area contributed by atoms with Crippen molar-refractivity contribution < 1.29 is 133 Å². The number of rotatable bonds is 53. The maximum absolute atomic E-state index is 12.8. The van der Waals surface area contributed by atoms with E-state index in [0.717, 1.165) is 17.7 Å². The number of methoxy groups -OCH3 is 1. The molecule has 0 N–H and O–H groups in total. The first kappa shape index (κ1) is 124. The zero-order chi connectivity index (χ0) is 102. The van der Waals surface area contributed by atoms with Crippen LogP contribution in [-0.4, -0.2) is 314 Å². The first-order valence-electron chi connectivity index (χ1n) is 50.7. The predicted molar refractivity (Wildman–Crippen MR) is 524 cm³/mol. The minimum absolute atomic E-state index is 0.000986. The Morgan fingerprint density at radius 1 is 0.311 bits per heavy atom. The molecular weight excluding hydrogens is 1740 g/mol. The summed E-state index contributed by atoms with van der Waals surface area (Å²) in [4.78, 5) is 16.0. The van der Waals surface area contributed by atoms with Crippen molar-refractivity contribution in [2.45, 2.75) is 535 Å². The van der Waals surface area contributed by atoms with Gasteiger partial charge in [0.15, 0.2) is 18.7 Å². The number of carbonyl (C=O) groups is 1. The summed E-state index contributed by atoms with van der Waals surface area (Å²) < 4.78 is 164. The third-order valence-electron chi connectivity index (χ3n) is 20.8. The number of nitrogens with zero attached hydrogens (tertiary/aromatic N) is 2. The lowest BCUT2D eigenvalue weighted by Gasteiger charge is -2.47. The van der Waals surface area contributed by atoms with Crippen LogP contribution in [0, 0.1) is 11.8 Å². The van der Waals surface area contributed by atoms with Crippen LogP contribution in [-0.2, 0) is 125 Å². The van der Waals surface area contributed by atoms with Crippen molar-refractivity contribution in [3.63, 3.8) is 0 Å². The van der Waals surface area contributed by atoms with Gasteiger partial charge in [0.25, 0.3) is 0 Å². The Hall–Kier alpha value is -3.69. The SMILES string of the molecule is CC(C)C[C@H](COC(C)C)[C@H]1OCO[C@@H](COC(C)C)[C@H]1OC(C)C.CC(C)OCC1OC(OCc2ccccc2)C(OC(C)C)C(OC(C)C)C1OC(C)C.CC(C)OCN1C(=O)N(COC(C)C)C(OC(C)C)C1OC(C)C.CC(C)O[C@H]1[C@H](OC(C)C)[C@@H](OC(C)C)[C@@H]2O[C@@H]2[C@@H]1OC(C)C.COc1ccc(OC2OC(COC(C)C)C(OC(C)C)C(OC(C)C)C2OC(C)C)cc1. The quantitative estimate of drug-likeness (QED) is 0.0556. The molecule has 0 spiro atoms. The number of epoxide rings is 1. The van der Waals surface area contributed by atoms with Gasteiger partial charge in [0.2, 0.25) is 6.29 Å². The highest BCUT2D eigenvalue weighted by Crippen LogP contribution is 2.45. The lowest BCUT2D eigenvalue weighted by Crippen LogP contribution is -2.64. The second-order valence-electron chi connectivity index (χ2n) is 41.3. The van der Waals surface area contributed by atoms with Gasteiger partial charge < -0.3 is 128 Å². The molecule has 30 heteroatoms. The van der Waals surface area contributed by atoms with Crippen LogP contribution in [0.1, 0.15) is 289 Å². The van der Waals surface area contributed by atoms with Crippen molar-refractivity contribution in [3.05, 3.63) is 60.2 Å². The summed E-state index contributed by atoms with van der Waals surface area (Å²) >= 11 is 0. The van der Waals surface area contributed by atoms with E-state index >= 15 is 0 Å². The Morgan fingerprint density at radius 2 is 0.630 bits per heavy atom. The highest BCUT2D eigenvalue weighted by atomic mass is 16.8. The highest BCUT2D eigenvalue weighted by molar-refractivity contribution is 5.77. The van der Waals surface area contributed by atoms with Gasteiger partial charge in [-0.1, -0.05) is 44.2 Å². The molecule has 2 amide bonds. The van der Waals surface area contributed by atoms with Gasteiger partial charge >= 0.3 is 6.03 Å². The Balaban J connectivity index is 0.000000355. The fourth-order valence-electron chi connectivity index (χ4n) is 15.9. The van der Waals surface area contributed by atoms with E-state index in [4.69, 9.17) is 128 Å². The first-order valence-corrected chi connectivity index (χ1v) is 50.7. The smallest absolute Gasteiger partial charge is 0.328 e. The average Bonchev–Trinajstić information content (AvgIpc) is 0.880. The summed E-state index contributed by atoms with van der Waals surface area (Å²) in [7, 11) is 1.63. The van der Waals surface area contributed by atoms with Crippen LogP contribution in [0.25, 0.3) is 0 Å². The summed E-state index contributed by atoms with van der Waals surface area (Å²) in [6.07, 6.45) is -4.32. The molecule has 5 saturated heterocycles. The van der Waals surface area contributed by atoms with E-state index in [0.29, 0.717) is 44.7 Å². The summed E-state index contributed by atoms with van der Waals surface area (Å²) in [5.74, 6) is 2.25. The van der Waals surface area contributed by atoms with Crippen LogP contribution in [0.4, 0.5) is 4.79 Å². The van der Waals surface area contributed by atoms with Crippen LogP contribution < -0.4 is 9.47 Å². The molecule has 0 bridgehead atoms. The van der Waals surface area contributed by atoms with Crippen LogP contribution >= 0.6 is 0 Å². The number of hydrogen-bond acceptors (Lipinski definition) is 28. The lowest BCUT2D eigenvalue weighted by molar-refractivity contribution is -0.337. The van der Waals surface area contributed by atoms with Gasteiger partial charge in [-0.2, -0.15) is 0 Å². The Bertz CT molecular complexity index is 3260. The normalized spacial score (nSPS) is 27.5. The Labute approximate surface area is 816 Å². The molecule has 0 radical (unpaired) electrons. The molecule has 1 aliphatic carbocycles. The predicted octanol–water partition coefficient (Wildman–Crippen LogP) is 19.3. The summed E-state index contributed by atoms with van der Waals surface area (Å²) in [6.45, 7) is 83.7. The third kappa shape index (κ3) is 46.3. The van der Waals surface area contributed by atoms with Crippen LogP contribution in [0.5, 0.6) is 11.5 Å². The first-order chi connectivity index (χ1) is 63.3. The van der Waals surface area contributed by atoms with Gasteiger partial charge in [0, 0.05) is 5.92 Å². The molecule has 2 aromatic carbocycles. The zero-order valence-electron chi connectivity index (χ0n) is 91.1. The molecular formula is C105H192N2O28. The molecule has 22 atom stereocenters. The van der Waals surface area contributed by atoms with Crippen LogP contribution in [0.15, 0.2) is 54.6 Å². The van der Waals surface area contributed by atoms with E-state index in [9.17, 15) is 4.79 Å². The number of hydrogen-bond donors (Lipinski definition) is 0. The number of ether oxygens (including phenoxy) is 27. The molecule has 6 aliphatic rings. The average molecular weight is 1930 g/mol. The Morgan fingerprint density at radius 3 is 0.985 bits per heavy atom. The van der Waals surface area contributed by atoms with Gasteiger partial charge in [0.1, 0.15) is 129 Å². The molecule has 6 fully saturated rings. The van der Waals surface area contributed by atoms with Crippen molar-refractivity contribution in [1.29, 1.82) is 0 Å². The molecule has 5 heterocycles. The van der Waals surface area contributed by atoms with E-state index < -0.39 is 43.3 Å². The fraction of sp³-hybridized carbons (Fsp3) is 0.876. The van der Waals surface area contributed by atoms with Crippen LogP contribution in [0.3, 0.4) is 0 Å². The number of fused-ring (bicyclic) bond motifs is 1. The van der Waals surface area contributed by atoms with Crippen molar-refractivity contribution >= 4 is 6.03 Å².